The number of benzene rings is 1. The number of Topliss-reactive ketones (excluding diaryl/α,β-unsaturated/α-hetero) is 1. The number of carbonyl (C=O) groups is 1. The van der Waals surface area contributed by atoms with Gasteiger partial charge in [-0.05, 0) is 31.9 Å². The zero-order valence-electron chi connectivity index (χ0n) is 12.8. The van der Waals surface area contributed by atoms with Crippen LogP contribution < -0.4 is 4.74 Å². The van der Waals surface area contributed by atoms with E-state index >= 15 is 0 Å². The quantitative estimate of drug-likeness (QED) is 0.754. The predicted octanol–water partition coefficient (Wildman–Crippen LogP) is 3.91. The summed E-state index contributed by atoms with van der Waals surface area (Å²) in [6.45, 7) is 6.77. The van der Waals surface area contributed by atoms with Crippen LogP contribution in [-0.2, 0) is 6.42 Å². The van der Waals surface area contributed by atoms with Crippen LogP contribution >= 0.6 is 0 Å². The highest BCUT2D eigenvalue weighted by atomic mass is 16.5. The first kappa shape index (κ1) is 15.2. The number of rotatable bonds is 6. The van der Waals surface area contributed by atoms with Gasteiger partial charge >= 0.3 is 0 Å². The smallest absolute Gasteiger partial charge is 0.168 e. The maximum absolute atomic E-state index is 12.4. The van der Waals surface area contributed by atoms with Crippen LogP contribution in [0.5, 0.6) is 5.75 Å². The lowest BCUT2D eigenvalue weighted by atomic mass is 10.0. The number of nitrogens with zero attached hydrogens (tertiary/aromatic N) is 1. The van der Waals surface area contributed by atoms with Gasteiger partial charge in [0, 0.05) is 18.2 Å². The summed E-state index contributed by atoms with van der Waals surface area (Å²) in [5, 5.41) is 0. The minimum absolute atomic E-state index is 0.0643. The van der Waals surface area contributed by atoms with Gasteiger partial charge in [-0.3, -0.25) is 9.78 Å². The van der Waals surface area contributed by atoms with Crippen LogP contribution in [0.4, 0.5) is 0 Å². The summed E-state index contributed by atoms with van der Waals surface area (Å²) in [6, 6.07) is 7.98. The molecule has 2 aromatic rings. The number of ether oxygens (including phenoxy) is 1. The highest BCUT2D eigenvalue weighted by Gasteiger charge is 2.09. The van der Waals surface area contributed by atoms with E-state index < -0.39 is 0 Å². The monoisotopic (exact) mass is 283 g/mol. The molecule has 1 aromatic heterocycles. The lowest BCUT2D eigenvalue weighted by Gasteiger charge is -2.07. The third-order valence-electron chi connectivity index (χ3n) is 3.15. The van der Waals surface area contributed by atoms with Crippen LogP contribution in [0, 0.1) is 13.8 Å². The van der Waals surface area contributed by atoms with Gasteiger partial charge in [0.25, 0.3) is 0 Å². The number of carbonyl (C=O) groups excluding carboxylic acids is 1. The molecule has 0 fully saturated rings. The standard InChI is InChI=1S/C18H21NO2/c1-4-5-21-17-10-16(11-19-12-17)18(20)9-15-7-13(2)6-14(3)8-15/h6-8,10-12H,4-5,9H2,1-3H3. The molecule has 0 spiro atoms. The highest BCUT2D eigenvalue weighted by Crippen LogP contribution is 2.15. The second-order valence-electron chi connectivity index (χ2n) is 5.35. The zero-order valence-corrected chi connectivity index (χ0v) is 12.8. The van der Waals surface area contributed by atoms with E-state index in [1.807, 2.05) is 20.8 Å². The van der Waals surface area contributed by atoms with Crippen LogP contribution in [0.1, 0.15) is 40.4 Å². The van der Waals surface area contributed by atoms with Gasteiger partial charge in [0.2, 0.25) is 0 Å². The molecule has 3 nitrogen and oxygen atoms in total. The Morgan fingerprint density at radius 2 is 1.81 bits per heavy atom. The van der Waals surface area contributed by atoms with Crippen molar-refractivity contribution >= 4 is 5.78 Å². The molecule has 1 heterocycles. The van der Waals surface area contributed by atoms with Gasteiger partial charge in [0.05, 0.1) is 12.8 Å². The Balaban J connectivity index is 2.12. The summed E-state index contributed by atoms with van der Waals surface area (Å²) in [4.78, 5) is 16.5. The van der Waals surface area contributed by atoms with Crippen molar-refractivity contribution < 1.29 is 9.53 Å². The fourth-order valence-corrected chi connectivity index (χ4v) is 2.33. The molecule has 3 heteroatoms. The van der Waals surface area contributed by atoms with Gasteiger partial charge in [0.15, 0.2) is 5.78 Å². The number of ketones is 1. The van der Waals surface area contributed by atoms with Gasteiger partial charge in [-0.2, -0.15) is 0 Å². The van der Waals surface area contributed by atoms with Crippen molar-refractivity contribution in [3.05, 3.63) is 58.9 Å². The van der Waals surface area contributed by atoms with Crippen LogP contribution in [0.2, 0.25) is 0 Å². The SMILES string of the molecule is CCCOc1cncc(C(=O)Cc2cc(C)cc(C)c2)c1. The molecule has 0 N–H and O–H groups in total. The molecule has 1 aromatic carbocycles. The number of hydrogen-bond acceptors (Lipinski definition) is 3. The molecule has 0 unspecified atom stereocenters. The zero-order chi connectivity index (χ0) is 15.2. The van der Waals surface area contributed by atoms with Crippen molar-refractivity contribution in [1.29, 1.82) is 0 Å². The number of aromatic nitrogens is 1. The van der Waals surface area contributed by atoms with Crippen molar-refractivity contribution in [3.8, 4) is 5.75 Å². The molecular weight excluding hydrogens is 262 g/mol. The second-order valence-corrected chi connectivity index (χ2v) is 5.35. The van der Waals surface area contributed by atoms with Gasteiger partial charge in [-0.15, -0.1) is 0 Å². The first-order valence-corrected chi connectivity index (χ1v) is 7.26. The maximum Gasteiger partial charge on any atom is 0.168 e. The molecule has 0 saturated carbocycles. The number of hydrogen-bond donors (Lipinski definition) is 0. The second kappa shape index (κ2) is 7.02. The lowest BCUT2D eigenvalue weighted by Crippen LogP contribution is -2.05. The summed E-state index contributed by atoms with van der Waals surface area (Å²) in [6.07, 6.45) is 4.56. The molecule has 0 saturated heterocycles. The molecule has 0 amide bonds. The van der Waals surface area contributed by atoms with Gasteiger partial charge in [-0.1, -0.05) is 36.2 Å². The molecule has 110 valence electrons. The van der Waals surface area contributed by atoms with E-state index in [1.165, 1.54) is 11.1 Å². The van der Waals surface area contributed by atoms with Gasteiger partial charge < -0.3 is 4.74 Å². The highest BCUT2D eigenvalue weighted by molar-refractivity contribution is 5.97. The summed E-state index contributed by atoms with van der Waals surface area (Å²) in [5.74, 6) is 0.720. The van der Waals surface area contributed by atoms with Crippen molar-refractivity contribution in [2.75, 3.05) is 6.61 Å². The first-order valence-electron chi connectivity index (χ1n) is 7.26. The average Bonchev–Trinajstić information content (AvgIpc) is 2.44. The minimum Gasteiger partial charge on any atom is -0.492 e. The van der Waals surface area contributed by atoms with E-state index in [0.29, 0.717) is 24.3 Å². The molecule has 21 heavy (non-hydrogen) atoms. The molecule has 0 aliphatic carbocycles. The van der Waals surface area contributed by atoms with E-state index in [0.717, 1.165) is 12.0 Å². The number of pyridine rings is 1. The summed E-state index contributed by atoms with van der Waals surface area (Å²) >= 11 is 0. The summed E-state index contributed by atoms with van der Waals surface area (Å²) in [7, 11) is 0. The number of aryl methyl sites for hydroxylation is 2. The largest absolute Gasteiger partial charge is 0.492 e. The third kappa shape index (κ3) is 4.42. The van der Waals surface area contributed by atoms with E-state index in [-0.39, 0.29) is 5.78 Å². The Hall–Kier alpha value is -2.16. The van der Waals surface area contributed by atoms with Gasteiger partial charge in [-0.25, -0.2) is 0 Å². The Morgan fingerprint density at radius 1 is 1.10 bits per heavy atom. The Morgan fingerprint density at radius 3 is 2.48 bits per heavy atom. The van der Waals surface area contributed by atoms with Crippen LogP contribution in [0.25, 0.3) is 0 Å². The Kier molecular flexibility index (Phi) is 5.09. The molecule has 0 aliphatic heterocycles. The maximum atomic E-state index is 12.4. The van der Waals surface area contributed by atoms with Crippen LogP contribution in [-0.4, -0.2) is 17.4 Å². The molecule has 2 rings (SSSR count). The van der Waals surface area contributed by atoms with Crippen LogP contribution in [0.3, 0.4) is 0 Å². The van der Waals surface area contributed by atoms with Gasteiger partial charge in [0.1, 0.15) is 5.75 Å². The molecule has 0 bridgehead atoms. The topological polar surface area (TPSA) is 39.2 Å². The Bertz CT molecular complexity index is 615. The normalized spacial score (nSPS) is 10.4. The average molecular weight is 283 g/mol. The Labute approximate surface area is 126 Å². The molecule has 0 aliphatic rings. The molecule has 0 atom stereocenters. The van der Waals surface area contributed by atoms with Crippen molar-refractivity contribution in [2.45, 2.75) is 33.6 Å². The molecule has 0 radical (unpaired) electrons. The third-order valence-corrected chi connectivity index (χ3v) is 3.15. The summed E-state index contributed by atoms with van der Waals surface area (Å²) < 4.78 is 5.52. The first-order chi connectivity index (χ1) is 10.1. The molecular formula is C18H21NO2. The fraction of sp³-hybridized carbons (Fsp3) is 0.333. The van der Waals surface area contributed by atoms with E-state index in [1.54, 1.807) is 18.5 Å². The van der Waals surface area contributed by atoms with Crippen molar-refractivity contribution in [3.63, 3.8) is 0 Å². The van der Waals surface area contributed by atoms with E-state index in [2.05, 4.69) is 23.2 Å². The summed E-state index contributed by atoms with van der Waals surface area (Å²) in [5.41, 5.74) is 3.99. The lowest BCUT2D eigenvalue weighted by molar-refractivity contribution is 0.0992. The fourth-order valence-electron chi connectivity index (χ4n) is 2.33. The predicted molar refractivity (Wildman–Crippen MR) is 84.0 cm³/mol. The van der Waals surface area contributed by atoms with Crippen molar-refractivity contribution in [2.24, 2.45) is 0 Å². The van der Waals surface area contributed by atoms with Crippen LogP contribution in [0.15, 0.2) is 36.7 Å². The van der Waals surface area contributed by atoms with E-state index in [9.17, 15) is 4.79 Å². The van der Waals surface area contributed by atoms with E-state index in [4.69, 9.17) is 4.74 Å². The minimum atomic E-state index is 0.0643. The van der Waals surface area contributed by atoms with Crippen molar-refractivity contribution in [1.82, 2.24) is 4.98 Å².